The molecular weight excluding hydrogens is 256 g/mol. The molecule has 0 radical (unpaired) electrons. The van der Waals surface area contributed by atoms with Crippen LogP contribution >= 0.6 is 0 Å². The van der Waals surface area contributed by atoms with Crippen molar-refractivity contribution in [3.63, 3.8) is 0 Å². The van der Waals surface area contributed by atoms with Gasteiger partial charge in [0, 0.05) is 18.8 Å². The molecule has 1 aromatic rings. The maximum Gasteiger partial charge on any atom is 0.312 e. The van der Waals surface area contributed by atoms with Gasteiger partial charge in [-0.25, -0.2) is 17.9 Å². The van der Waals surface area contributed by atoms with Crippen molar-refractivity contribution < 1.29 is 13.2 Å². The Kier molecular flexibility index (Phi) is 4.93. The van der Waals surface area contributed by atoms with Gasteiger partial charge in [-0.05, 0) is 17.7 Å². The first kappa shape index (κ1) is 14.3. The van der Waals surface area contributed by atoms with Crippen molar-refractivity contribution >= 4 is 21.7 Å². The Labute approximate surface area is 106 Å². The van der Waals surface area contributed by atoms with E-state index in [9.17, 15) is 13.2 Å². The van der Waals surface area contributed by atoms with Crippen LogP contribution < -0.4 is 21.5 Å². The number of amides is 2. The zero-order valence-corrected chi connectivity index (χ0v) is 10.5. The van der Waals surface area contributed by atoms with E-state index in [-0.39, 0.29) is 18.8 Å². The molecule has 18 heavy (non-hydrogen) atoms. The average molecular weight is 272 g/mol. The second-order valence-corrected chi connectivity index (χ2v) is 5.49. The van der Waals surface area contributed by atoms with Crippen LogP contribution in [0.3, 0.4) is 0 Å². The highest BCUT2D eigenvalue weighted by atomic mass is 32.2. The standard InChI is InChI=1S/C10H16N4O3S/c11-9-3-1-8(2-4-9)7-18(16,17)14-6-5-13-10(12)15/h1-4,14H,5-7,11H2,(H3,12,13,15). The van der Waals surface area contributed by atoms with Crippen LogP contribution in [0.15, 0.2) is 24.3 Å². The number of sulfonamides is 1. The summed E-state index contributed by atoms with van der Waals surface area (Å²) in [7, 11) is -3.43. The molecule has 0 saturated carbocycles. The molecule has 100 valence electrons. The summed E-state index contributed by atoms with van der Waals surface area (Å²) in [6.45, 7) is 0.247. The van der Waals surface area contributed by atoms with Crippen LogP contribution in [0.5, 0.6) is 0 Å². The van der Waals surface area contributed by atoms with Crippen molar-refractivity contribution in [2.75, 3.05) is 18.8 Å². The van der Waals surface area contributed by atoms with Crippen LogP contribution in [0.1, 0.15) is 5.56 Å². The van der Waals surface area contributed by atoms with Crippen LogP contribution in [0.25, 0.3) is 0 Å². The van der Waals surface area contributed by atoms with Gasteiger partial charge in [0.2, 0.25) is 10.0 Å². The molecule has 1 aromatic carbocycles. The lowest BCUT2D eigenvalue weighted by Crippen LogP contribution is -2.37. The van der Waals surface area contributed by atoms with Crippen molar-refractivity contribution in [3.05, 3.63) is 29.8 Å². The number of urea groups is 1. The number of carbonyl (C=O) groups is 1. The number of nitrogens with two attached hydrogens (primary N) is 2. The largest absolute Gasteiger partial charge is 0.399 e. The maximum atomic E-state index is 11.6. The normalized spacial score (nSPS) is 11.1. The van der Waals surface area contributed by atoms with E-state index >= 15 is 0 Å². The molecule has 0 bridgehead atoms. The van der Waals surface area contributed by atoms with E-state index in [0.29, 0.717) is 11.3 Å². The lowest BCUT2D eigenvalue weighted by Gasteiger charge is -2.07. The van der Waals surface area contributed by atoms with E-state index in [1.807, 2.05) is 0 Å². The number of anilines is 1. The van der Waals surface area contributed by atoms with Gasteiger partial charge >= 0.3 is 6.03 Å². The summed E-state index contributed by atoms with van der Waals surface area (Å²) >= 11 is 0. The molecule has 7 nitrogen and oxygen atoms in total. The van der Waals surface area contributed by atoms with E-state index < -0.39 is 16.1 Å². The zero-order valence-electron chi connectivity index (χ0n) is 9.72. The monoisotopic (exact) mass is 272 g/mol. The van der Waals surface area contributed by atoms with Gasteiger partial charge in [-0.1, -0.05) is 12.1 Å². The molecule has 0 unspecified atom stereocenters. The fourth-order valence-electron chi connectivity index (χ4n) is 1.28. The van der Waals surface area contributed by atoms with Gasteiger partial charge in [0.05, 0.1) is 5.75 Å². The van der Waals surface area contributed by atoms with E-state index in [0.717, 1.165) is 0 Å². The second kappa shape index (κ2) is 6.22. The molecule has 2 amide bonds. The number of primary amides is 1. The SMILES string of the molecule is NC(=O)NCCNS(=O)(=O)Cc1ccc(N)cc1. The zero-order chi connectivity index (χ0) is 13.6. The van der Waals surface area contributed by atoms with Crippen LogP contribution in [-0.4, -0.2) is 27.5 Å². The predicted octanol–water partition coefficient (Wildman–Crippen LogP) is -0.643. The fraction of sp³-hybridized carbons (Fsp3) is 0.300. The molecule has 0 aliphatic heterocycles. The minimum atomic E-state index is -3.43. The number of rotatable bonds is 6. The lowest BCUT2D eigenvalue weighted by atomic mass is 10.2. The Bertz CT molecular complexity index is 498. The van der Waals surface area contributed by atoms with Crippen LogP contribution in [0.4, 0.5) is 10.5 Å². The highest BCUT2D eigenvalue weighted by Gasteiger charge is 2.10. The molecule has 0 aliphatic rings. The topological polar surface area (TPSA) is 127 Å². The maximum absolute atomic E-state index is 11.6. The molecule has 0 heterocycles. The third kappa shape index (κ3) is 5.51. The first-order valence-corrected chi connectivity index (χ1v) is 6.89. The number of hydrogen-bond donors (Lipinski definition) is 4. The van der Waals surface area contributed by atoms with E-state index in [1.165, 1.54) is 0 Å². The number of benzene rings is 1. The van der Waals surface area contributed by atoms with Crippen molar-refractivity contribution in [1.82, 2.24) is 10.0 Å². The fourth-order valence-corrected chi connectivity index (χ4v) is 2.42. The molecule has 0 saturated heterocycles. The summed E-state index contributed by atoms with van der Waals surface area (Å²) in [5.41, 5.74) is 11.6. The van der Waals surface area contributed by atoms with Crippen molar-refractivity contribution in [2.45, 2.75) is 5.75 Å². The molecule has 0 aromatic heterocycles. The highest BCUT2D eigenvalue weighted by Crippen LogP contribution is 2.08. The predicted molar refractivity (Wildman–Crippen MR) is 69.1 cm³/mol. The molecule has 0 spiro atoms. The van der Waals surface area contributed by atoms with Gasteiger partial charge in [-0.15, -0.1) is 0 Å². The Morgan fingerprint density at radius 3 is 2.33 bits per heavy atom. The van der Waals surface area contributed by atoms with Crippen molar-refractivity contribution in [1.29, 1.82) is 0 Å². The van der Waals surface area contributed by atoms with E-state index in [4.69, 9.17) is 11.5 Å². The third-order valence-electron chi connectivity index (χ3n) is 2.08. The van der Waals surface area contributed by atoms with Gasteiger partial charge in [0.15, 0.2) is 0 Å². The van der Waals surface area contributed by atoms with Gasteiger partial charge in [-0.3, -0.25) is 0 Å². The third-order valence-corrected chi connectivity index (χ3v) is 3.44. The van der Waals surface area contributed by atoms with E-state index in [2.05, 4.69) is 10.0 Å². The minimum absolute atomic E-state index is 0.0975. The van der Waals surface area contributed by atoms with Gasteiger partial charge < -0.3 is 16.8 Å². The molecule has 6 N–H and O–H groups in total. The summed E-state index contributed by atoms with van der Waals surface area (Å²) < 4.78 is 25.6. The van der Waals surface area contributed by atoms with Gasteiger partial charge in [0.25, 0.3) is 0 Å². The number of carbonyl (C=O) groups excluding carboxylic acids is 1. The van der Waals surface area contributed by atoms with Crippen LogP contribution in [0.2, 0.25) is 0 Å². The molecule has 0 aliphatic carbocycles. The Balaban J connectivity index is 2.44. The molecule has 0 fully saturated rings. The summed E-state index contributed by atoms with van der Waals surface area (Å²) in [6, 6.07) is 5.89. The van der Waals surface area contributed by atoms with Crippen molar-refractivity contribution in [2.24, 2.45) is 5.73 Å². The smallest absolute Gasteiger partial charge is 0.312 e. The lowest BCUT2D eigenvalue weighted by molar-refractivity contribution is 0.249. The van der Waals surface area contributed by atoms with Crippen molar-refractivity contribution in [3.8, 4) is 0 Å². The Morgan fingerprint density at radius 1 is 1.17 bits per heavy atom. The number of nitrogen functional groups attached to an aromatic ring is 1. The second-order valence-electron chi connectivity index (χ2n) is 3.69. The summed E-state index contributed by atoms with van der Waals surface area (Å²) in [4.78, 5) is 10.4. The molecule has 1 rings (SSSR count). The van der Waals surface area contributed by atoms with Gasteiger partial charge in [0.1, 0.15) is 0 Å². The summed E-state index contributed by atoms with van der Waals surface area (Å²) in [6.07, 6.45) is 0. The number of hydrogen-bond acceptors (Lipinski definition) is 4. The van der Waals surface area contributed by atoms with Crippen LogP contribution in [0, 0.1) is 0 Å². The van der Waals surface area contributed by atoms with E-state index in [1.54, 1.807) is 24.3 Å². The molecule has 0 atom stereocenters. The minimum Gasteiger partial charge on any atom is -0.399 e. The highest BCUT2D eigenvalue weighted by molar-refractivity contribution is 7.88. The Morgan fingerprint density at radius 2 is 1.78 bits per heavy atom. The average Bonchev–Trinajstić information content (AvgIpc) is 2.27. The van der Waals surface area contributed by atoms with Gasteiger partial charge in [-0.2, -0.15) is 0 Å². The summed E-state index contributed by atoms with van der Waals surface area (Å²) in [5, 5.41) is 2.28. The Hall–Kier alpha value is -1.80. The quantitative estimate of drug-likeness (QED) is 0.405. The number of nitrogens with one attached hydrogen (secondary N) is 2. The first-order valence-electron chi connectivity index (χ1n) is 5.24. The molecule has 8 heteroatoms. The first-order chi connectivity index (χ1) is 8.39. The van der Waals surface area contributed by atoms with Crippen LogP contribution in [-0.2, 0) is 15.8 Å². The summed E-state index contributed by atoms with van der Waals surface area (Å²) in [5.74, 6) is -0.135. The molecular formula is C10H16N4O3S.